The SMILES string of the molecule is CC1CC[C@@H](C(C)C)C(C(=O)Nc2ccc3c(c2)COCC3)C1. The minimum Gasteiger partial charge on any atom is -0.376 e. The highest BCUT2D eigenvalue weighted by atomic mass is 16.5. The van der Waals surface area contributed by atoms with Gasteiger partial charge in [0, 0.05) is 11.6 Å². The van der Waals surface area contributed by atoms with E-state index in [2.05, 4.69) is 38.2 Å². The molecule has 3 nitrogen and oxygen atoms in total. The molecule has 0 radical (unpaired) electrons. The van der Waals surface area contributed by atoms with Gasteiger partial charge in [0.15, 0.2) is 0 Å². The Labute approximate surface area is 139 Å². The maximum Gasteiger partial charge on any atom is 0.227 e. The third kappa shape index (κ3) is 3.77. The molecule has 1 amide bonds. The van der Waals surface area contributed by atoms with E-state index in [1.807, 2.05) is 6.07 Å². The van der Waals surface area contributed by atoms with Gasteiger partial charge in [-0.05, 0) is 60.3 Å². The predicted octanol–water partition coefficient (Wildman–Crippen LogP) is 4.41. The van der Waals surface area contributed by atoms with Crippen LogP contribution in [0.3, 0.4) is 0 Å². The van der Waals surface area contributed by atoms with Crippen molar-refractivity contribution < 1.29 is 9.53 Å². The normalized spacial score (nSPS) is 27.6. The zero-order valence-electron chi connectivity index (χ0n) is 14.6. The van der Waals surface area contributed by atoms with Crippen LogP contribution in [0.4, 0.5) is 5.69 Å². The summed E-state index contributed by atoms with van der Waals surface area (Å²) in [5.74, 6) is 2.07. The number of ether oxygens (including phenoxy) is 1. The van der Waals surface area contributed by atoms with Gasteiger partial charge in [-0.15, -0.1) is 0 Å². The van der Waals surface area contributed by atoms with Crippen molar-refractivity contribution in [3.63, 3.8) is 0 Å². The molecule has 2 aliphatic rings. The summed E-state index contributed by atoms with van der Waals surface area (Å²) in [5, 5.41) is 3.17. The van der Waals surface area contributed by atoms with E-state index >= 15 is 0 Å². The molecular formula is C20H29NO2. The van der Waals surface area contributed by atoms with Crippen LogP contribution in [0.15, 0.2) is 18.2 Å². The quantitative estimate of drug-likeness (QED) is 0.897. The highest BCUT2D eigenvalue weighted by molar-refractivity contribution is 5.93. The Kier molecular flexibility index (Phi) is 5.05. The number of fused-ring (bicyclic) bond motifs is 1. The van der Waals surface area contributed by atoms with Gasteiger partial charge >= 0.3 is 0 Å². The Morgan fingerprint density at radius 2 is 2.09 bits per heavy atom. The van der Waals surface area contributed by atoms with Crippen molar-refractivity contribution in [2.24, 2.45) is 23.7 Å². The predicted molar refractivity (Wildman–Crippen MR) is 93.3 cm³/mol. The van der Waals surface area contributed by atoms with Crippen molar-refractivity contribution in [2.45, 2.75) is 53.1 Å². The molecule has 1 aliphatic heterocycles. The lowest BCUT2D eigenvalue weighted by Crippen LogP contribution is -2.36. The molecular weight excluding hydrogens is 286 g/mol. The van der Waals surface area contributed by atoms with E-state index in [-0.39, 0.29) is 11.8 Å². The second-order valence-corrected chi connectivity index (χ2v) is 7.71. The first-order chi connectivity index (χ1) is 11.0. The summed E-state index contributed by atoms with van der Waals surface area (Å²) in [6, 6.07) is 6.26. The minimum atomic E-state index is 0.144. The molecule has 3 rings (SSSR count). The molecule has 1 heterocycles. The van der Waals surface area contributed by atoms with Crippen LogP contribution < -0.4 is 5.32 Å². The van der Waals surface area contributed by atoms with E-state index in [0.717, 1.165) is 25.1 Å². The molecule has 3 atom stereocenters. The minimum absolute atomic E-state index is 0.144. The van der Waals surface area contributed by atoms with Crippen LogP contribution in [-0.2, 0) is 22.6 Å². The molecule has 1 saturated carbocycles. The van der Waals surface area contributed by atoms with Gasteiger partial charge in [-0.2, -0.15) is 0 Å². The van der Waals surface area contributed by atoms with Gasteiger partial charge in [-0.25, -0.2) is 0 Å². The largest absolute Gasteiger partial charge is 0.376 e. The van der Waals surface area contributed by atoms with Crippen LogP contribution in [0.5, 0.6) is 0 Å². The molecule has 3 heteroatoms. The van der Waals surface area contributed by atoms with Crippen molar-refractivity contribution in [3.05, 3.63) is 29.3 Å². The van der Waals surface area contributed by atoms with Gasteiger partial charge < -0.3 is 10.1 Å². The average molecular weight is 315 g/mol. The molecule has 0 bridgehead atoms. The van der Waals surface area contributed by atoms with Crippen molar-refractivity contribution >= 4 is 11.6 Å². The number of nitrogens with one attached hydrogen (secondary N) is 1. The second kappa shape index (κ2) is 7.04. The van der Waals surface area contributed by atoms with Gasteiger partial charge in [0.2, 0.25) is 5.91 Å². The number of amides is 1. The van der Waals surface area contributed by atoms with Crippen LogP contribution >= 0.6 is 0 Å². The second-order valence-electron chi connectivity index (χ2n) is 7.71. The van der Waals surface area contributed by atoms with E-state index in [1.165, 1.54) is 24.0 Å². The smallest absolute Gasteiger partial charge is 0.227 e. The lowest BCUT2D eigenvalue weighted by atomic mass is 9.70. The zero-order chi connectivity index (χ0) is 16.4. The summed E-state index contributed by atoms with van der Waals surface area (Å²) in [4.78, 5) is 12.9. The highest BCUT2D eigenvalue weighted by Gasteiger charge is 2.35. The summed E-state index contributed by atoms with van der Waals surface area (Å²) in [6.45, 7) is 8.23. The van der Waals surface area contributed by atoms with Crippen LogP contribution in [0.1, 0.15) is 51.2 Å². The van der Waals surface area contributed by atoms with Gasteiger partial charge in [0.05, 0.1) is 13.2 Å². The first kappa shape index (κ1) is 16.5. The number of carbonyl (C=O) groups is 1. The summed E-state index contributed by atoms with van der Waals surface area (Å²) < 4.78 is 5.52. The highest BCUT2D eigenvalue weighted by Crippen LogP contribution is 2.38. The molecule has 0 spiro atoms. The molecule has 2 unspecified atom stereocenters. The Bertz CT molecular complexity index is 567. The molecule has 1 aliphatic carbocycles. The lowest BCUT2D eigenvalue weighted by Gasteiger charge is -2.36. The fourth-order valence-electron chi connectivity index (χ4n) is 4.18. The Morgan fingerprint density at radius 3 is 2.87 bits per heavy atom. The number of rotatable bonds is 3. The number of anilines is 1. The van der Waals surface area contributed by atoms with Crippen molar-refractivity contribution in [3.8, 4) is 0 Å². The van der Waals surface area contributed by atoms with Gasteiger partial charge in [-0.1, -0.05) is 33.3 Å². The van der Waals surface area contributed by atoms with Gasteiger partial charge in [0.1, 0.15) is 0 Å². The fraction of sp³-hybridized carbons (Fsp3) is 0.650. The summed E-state index contributed by atoms with van der Waals surface area (Å²) in [6.07, 6.45) is 4.42. The van der Waals surface area contributed by atoms with Crippen LogP contribution in [0.2, 0.25) is 0 Å². The van der Waals surface area contributed by atoms with Gasteiger partial charge in [0.25, 0.3) is 0 Å². The Hall–Kier alpha value is -1.35. The summed E-state index contributed by atoms with van der Waals surface area (Å²) in [7, 11) is 0. The standard InChI is InChI=1S/C20H29NO2/c1-13(2)18-7-4-14(3)10-19(18)20(22)21-17-6-5-15-8-9-23-12-16(15)11-17/h5-6,11,13-14,18-19H,4,7-10,12H2,1-3H3,(H,21,22)/t14?,18-,19?/m0/s1. The third-order valence-corrected chi connectivity index (χ3v) is 5.61. The summed E-state index contributed by atoms with van der Waals surface area (Å²) in [5.41, 5.74) is 3.48. The molecule has 23 heavy (non-hydrogen) atoms. The number of hydrogen-bond acceptors (Lipinski definition) is 2. The lowest BCUT2D eigenvalue weighted by molar-refractivity contribution is -0.123. The first-order valence-corrected chi connectivity index (χ1v) is 9.05. The molecule has 1 aromatic carbocycles. The topological polar surface area (TPSA) is 38.3 Å². The molecule has 1 N–H and O–H groups in total. The van der Waals surface area contributed by atoms with E-state index in [9.17, 15) is 4.79 Å². The number of hydrogen-bond donors (Lipinski definition) is 1. The van der Waals surface area contributed by atoms with E-state index < -0.39 is 0 Å². The summed E-state index contributed by atoms with van der Waals surface area (Å²) >= 11 is 0. The molecule has 0 aromatic heterocycles. The first-order valence-electron chi connectivity index (χ1n) is 9.05. The van der Waals surface area contributed by atoms with Crippen molar-refractivity contribution in [2.75, 3.05) is 11.9 Å². The van der Waals surface area contributed by atoms with Crippen molar-refractivity contribution in [1.29, 1.82) is 0 Å². The zero-order valence-corrected chi connectivity index (χ0v) is 14.6. The monoisotopic (exact) mass is 315 g/mol. The van der Waals surface area contributed by atoms with E-state index in [1.54, 1.807) is 0 Å². The Balaban J connectivity index is 1.72. The fourth-order valence-corrected chi connectivity index (χ4v) is 4.18. The van der Waals surface area contributed by atoms with Crippen LogP contribution in [0, 0.1) is 23.7 Å². The molecule has 1 fully saturated rings. The molecule has 126 valence electrons. The van der Waals surface area contributed by atoms with E-state index in [4.69, 9.17) is 4.74 Å². The third-order valence-electron chi connectivity index (χ3n) is 5.61. The van der Waals surface area contributed by atoms with Gasteiger partial charge in [-0.3, -0.25) is 4.79 Å². The van der Waals surface area contributed by atoms with Crippen LogP contribution in [-0.4, -0.2) is 12.5 Å². The average Bonchev–Trinajstić information content (AvgIpc) is 2.54. The Morgan fingerprint density at radius 1 is 1.26 bits per heavy atom. The molecule has 0 saturated heterocycles. The number of benzene rings is 1. The van der Waals surface area contributed by atoms with Crippen molar-refractivity contribution in [1.82, 2.24) is 0 Å². The maximum absolute atomic E-state index is 12.9. The molecule has 1 aromatic rings. The van der Waals surface area contributed by atoms with E-state index in [0.29, 0.717) is 24.4 Å². The maximum atomic E-state index is 12.9. The number of carbonyl (C=O) groups excluding carboxylic acids is 1. The van der Waals surface area contributed by atoms with Crippen LogP contribution in [0.25, 0.3) is 0 Å².